The van der Waals surface area contributed by atoms with E-state index in [-0.39, 0.29) is 11.6 Å². The van der Waals surface area contributed by atoms with Gasteiger partial charge in [0.2, 0.25) is 0 Å². The van der Waals surface area contributed by atoms with Gasteiger partial charge in [-0.1, -0.05) is 12.1 Å². The van der Waals surface area contributed by atoms with Crippen LogP contribution in [-0.4, -0.2) is 21.5 Å². The number of halogens is 1. The minimum atomic E-state index is -0.675. The average molecular weight is 343 g/mol. The van der Waals surface area contributed by atoms with Crippen LogP contribution in [0.25, 0.3) is 10.9 Å². The Kier molecular flexibility index (Phi) is 4.08. The Balaban J connectivity index is 2.00. The fourth-order valence-corrected chi connectivity index (χ4v) is 2.28. The van der Waals surface area contributed by atoms with Crippen LogP contribution in [0.5, 0.6) is 11.5 Å². The van der Waals surface area contributed by atoms with Crippen molar-refractivity contribution in [3.63, 3.8) is 0 Å². The molecule has 0 spiro atoms. The molecule has 1 aromatic heterocycles. The predicted molar refractivity (Wildman–Crippen MR) is 92.3 cm³/mol. The maximum absolute atomic E-state index is 13.7. The van der Waals surface area contributed by atoms with Crippen molar-refractivity contribution >= 4 is 22.8 Å². The molecule has 3 rings (SSSR count). The number of nitrogens with zero attached hydrogens (tertiary/aromatic N) is 2. The van der Waals surface area contributed by atoms with E-state index in [2.05, 4.69) is 5.10 Å². The van der Waals surface area contributed by atoms with Gasteiger partial charge in [-0.05, 0) is 45.0 Å². The number of carbonyl (C=O) groups is 1. The van der Waals surface area contributed by atoms with Gasteiger partial charge in [0.15, 0.2) is 17.4 Å². The van der Waals surface area contributed by atoms with Crippen molar-refractivity contribution in [3.8, 4) is 11.5 Å². The second-order valence-electron chi connectivity index (χ2n) is 6.49. The molecule has 0 atom stereocenters. The number of aromatic nitrogens is 2. The normalized spacial score (nSPS) is 11.5. The summed E-state index contributed by atoms with van der Waals surface area (Å²) in [6.45, 7) is 5.27. The molecule has 3 aromatic rings. The van der Waals surface area contributed by atoms with Crippen LogP contribution in [0.3, 0.4) is 0 Å². The number of fused-ring (bicyclic) bond motifs is 1. The molecule has 0 aliphatic rings. The van der Waals surface area contributed by atoms with Crippen LogP contribution in [0.15, 0.2) is 42.5 Å². The van der Waals surface area contributed by atoms with Gasteiger partial charge in [0.1, 0.15) is 11.4 Å². The van der Waals surface area contributed by atoms with Crippen molar-refractivity contribution in [2.24, 2.45) is 0 Å². The lowest BCUT2D eigenvalue weighted by atomic mass is 10.2. The maximum atomic E-state index is 13.7. The second-order valence-corrected chi connectivity index (χ2v) is 6.49. The van der Waals surface area contributed by atoms with Crippen molar-refractivity contribution in [2.45, 2.75) is 26.4 Å². The second kappa shape index (κ2) is 6.08. The molecule has 0 radical (unpaired) electrons. The van der Waals surface area contributed by atoms with E-state index in [0.29, 0.717) is 16.7 Å². The van der Waals surface area contributed by atoms with Gasteiger partial charge < -0.3 is 15.2 Å². The molecule has 0 unspecified atom stereocenters. The topological polar surface area (TPSA) is 79.4 Å². The summed E-state index contributed by atoms with van der Waals surface area (Å²) in [6, 6.07) is 10.9. The number of hydrogen-bond acceptors (Lipinski definition) is 5. The van der Waals surface area contributed by atoms with Crippen LogP contribution in [0.2, 0.25) is 0 Å². The maximum Gasteiger partial charge on any atom is 0.435 e. The smallest absolute Gasteiger partial charge is 0.435 e. The number of nitrogen functional groups attached to an aromatic ring is 1. The third-order valence-corrected chi connectivity index (χ3v) is 3.31. The van der Waals surface area contributed by atoms with E-state index >= 15 is 0 Å². The van der Waals surface area contributed by atoms with E-state index in [1.807, 2.05) is 0 Å². The van der Waals surface area contributed by atoms with Gasteiger partial charge in [0.25, 0.3) is 0 Å². The highest BCUT2D eigenvalue weighted by atomic mass is 19.1. The predicted octanol–water partition coefficient (Wildman–Crippen LogP) is 4.33. The van der Waals surface area contributed by atoms with Gasteiger partial charge >= 0.3 is 6.09 Å². The van der Waals surface area contributed by atoms with E-state index in [0.717, 1.165) is 4.68 Å². The first-order valence-electron chi connectivity index (χ1n) is 7.68. The average Bonchev–Trinajstić information content (AvgIpc) is 2.85. The lowest BCUT2D eigenvalue weighted by Crippen LogP contribution is -2.27. The molecule has 7 heteroatoms. The van der Waals surface area contributed by atoms with Gasteiger partial charge in [-0.25, -0.2) is 9.18 Å². The highest BCUT2D eigenvalue weighted by molar-refractivity contribution is 5.95. The summed E-state index contributed by atoms with van der Waals surface area (Å²) in [4.78, 5) is 12.3. The third kappa shape index (κ3) is 3.55. The molecule has 130 valence electrons. The molecule has 0 saturated carbocycles. The Hall–Kier alpha value is -3.09. The molecule has 6 nitrogen and oxygen atoms in total. The fourth-order valence-electron chi connectivity index (χ4n) is 2.28. The number of ether oxygens (including phenoxy) is 2. The van der Waals surface area contributed by atoms with Crippen molar-refractivity contribution in [1.29, 1.82) is 0 Å². The Morgan fingerprint density at radius 1 is 1.20 bits per heavy atom. The van der Waals surface area contributed by atoms with Crippen molar-refractivity contribution < 1.29 is 18.7 Å². The molecule has 2 N–H and O–H groups in total. The number of para-hydroxylation sites is 1. The fraction of sp³-hybridized carbons (Fsp3) is 0.222. The van der Waals surface area contributed by atoms with Crippen LogP contribution in [0, 0.1) is 5.82 Å². The summed E-state index contributed by atoms with van der Waals surface area (Å²) < 4.78 is 25.7. The molecule has 0 fully saturated rings. The van der Waals surface area contributed by atoms with Crippen LogP contribution in [0.4, 0.5) is 15.0 Å². The van der Waals surface area contributed by atoms with Gasteiger partial charge in [-0.15, -0.1) is 5.10 Å². The zero-order valence-corrected chi connectivity index (χ0v) is 14.1. The molecule has 0 aliphatic carbocycles. The molecule has 1 heterocycles. The first kappa shape index (κ1) is 16.8. The van der Waals surface area contributed by atoms with Gasteiger partial charge in [-0.3, -0.25) is 0 Å². The summed E-state index contributed by atoms with van der Waals surface area (Å²) in [7, 11) is 0. The van der Waals surface area contributed by atoms with E-state index < -0.39 is 17.5 Å². The Labute approximate surface area is 143 Å². The van der Waals surface area contributed by atoms with Gasteiger partial charge in [-0.2, -0.15) is 4.68 Å². The summed E-state index contributed by atoms with van der Waals surface area (Å²) in [5.74, 6) is 0.140. The molecule has 25 heavy (non-hydrogen) atoms. The van der Waals surface area contributed by atoms with Gasteiger partial charge in [0, 0.05) is 11.5 Å². The standard InChI is InChI=1S/C18H18FN3O3/c1-18(2,3)25-17(23)22-14-10-11(8-9-12(14)16(20)21-22)24-15-7-5-4-6-13(15)19/h4-10H,1-3H3,(H2,20,21). The van der Waals surface area contributed by atoms with E-state index in [1.165, 1.54) is 12.1 Å². The van der Waals surface area contributed by atoms with E-state index in [4.69, 9.17) is 15.2 Å². The van der Waals surface area contributed by atoms with Crippen LogP contribution in [-0.2, 0) is 4.74 Å². The Bertz CT molecular complexity index is 944. The molecule has 0 amide bonds. The zero-order chi connectivity index (χ0) is 18.2. The molecule has 0 bridgehead atoms. The summed E-state index contributed by atoms with van der Waals surface area (Å²) in [5, 5.41) is 4.61. The van der Waals surface area contributed by atoms with Crippen LogP contribution in [0.1, 0.15) is 20.8 Å². The summed E-state index contributed by atoms with van der Waals surface area (Å²) >= 11 is 0. The number of carbonyl (C=O) groups excluding carboxylic acids is 1. The number of nitrogens with two attached hydrogens (primary N) is 1. The third-order valence-electron chi connectivity index (χ3n) is 3.31. The lowest BCUT2D eigenvalue weighted by molar-refractivity contribution is 0.0523. The van der Waals surface area contributed by atoms with Crippen LogP contribution < -0.4 is 10.5 Å². The van der Waals surface area contributed by atoms with Crippen molar-refractivity contribution in [2.75, 3.05) is 5.73 Å². The number of hydrogen-bond donors (Lipinski definition) is 1. The van der Waals surface area contributed by atoms with Crippen molar-refractivity contribution in [1.82, 2.24) is 9.78 Å². The molecule has 2 aromatic carbocycles. The summed E-state index contributed by atoms with van der Waals surface area (Å²) in [6.07, 6.45) is -0.655. The summed E-state index contributed by atoms with van der Waals surface area (Å²) in [5.41, 5.74) is 5.61. The molecular formula is C18H18FN3O3. The van der Waals surface area contributed by atoms with E-state index in [1.54, 1.807) is 51.1 Å². The zero-order valence-electron chi connectivity index (χ0n) is 14.1. The highest BCUT2D eigenvalue weighted by Crippen LogP contribution is 2.30. The Morgan fingerprint density at radius 2 is 1.92 bits per heavy atom. The highest BCUT2D eigenvalue weighted by Gasteiger charge is 2.22. The quantitative estimate of drug-likeness (QED) is 0.749. The minimum absolute atomic E-state index is 0.0816. The first-order chi connectivity index (χ1) is 11.7. The lowest BCUT2D eigenvalue weighted by Gasteiger charge is -2.19. The van der Waals surface area contributed by atoms with Crippen molar-refractivity contribution in [3.05, 3.63) is 48.3 Å². The largest absolute Gasteiger partial charge is 0.454 e. The van der Waals surface area contributed by atoms with Crippen LogP contribution >= 0.6 is 0 Å². The minimum Gasteiger partial charge on any atom is -0.454 e. The number of benzene rings is 2. The van der Waals surface area contributed by atoms with E-state index in [9.17, 15) is 9.18 Å². The molecule has 0 aliphatic heterocycles. The number of rotatable bonds is 2. The number of anilines is 1. The SMILES string of the molecule is CC(C)(C)OC(=O)n1nc(N)c2ccc(Oc3ccccc3F)cc21. The molecule has 0 saturated heterocycles. The molecular weight excluding hydrogens is 325 g/mol. The monoisotopic (exact) mass is 343 g/mol. The first-order valence-corrected chi connectivity index (χ1v) is 7.68. The van der Waals surface area contributed by atoms with Gasteiger partial charge in [0.05, 0.1) is 5.52 Å². The Morgan fingerprint density at radius 3 is 2.60 bits per heavy atom.